The van der Waals surface area contributed by atoms with Crippen molar-refractivity contribution in [2.75, 3.05) is 24.6 Å². The van der Waals surface area contributed by atoms with Crippen molar-refractivity contribution < 1.29 is 18.5 Å². The van der Waals surface area contributed by atoms with E-state index in [4.69, 9.17) is 9.15 Å². The number of carbonyl (C=O) groups is 1. The number of hydrogen-bond donors (Lipinski definition) is 0. The van der Waals surface area contributed by atoms with Crippen molar-refractivity contribution in [3.05, 3.63) is 69.5 Å². The van der Waals surface area contributed by atoms with E-state index >= 15 is 0 Å². The van der Waals surface area contributed by atoms with Gasteiger partial charge in [0.05, 0.1) is 5.56 Å². The first-order valence-electron chi connectivity index (χ1n) is 11.6. The second-order valence-corrected chi connectivity index (χ2v) is 8.91. The molecule has 2 aromatic carbocycles. The van der Waals surface area contributed by atoms with Crippen LogP contribution in [0.5, 0.6) is 0 Å². The number of ether oxygens (including phenoxy) is 1. The molecule has 2 heterocycles. The van der Waals surface area contributed by atoms with E-state index in [0.717, 1.165) is 39.4 Å². The van der Waals surface area contributed by atoms with Crippen molar-refractivity contribution in [3.8, 4) is 0 Å². The van der Waals surface area contributed by atoms with Crippen molar-refractivity contribution in [2.45, 2.75) is 26.7 Å². The number of para-hydroxylation sites is 1. The van der Waals surface area contributed by atoms with Crippen LogP contribution in [0.3, 0.4) is 0 Å². The maximum absolute atomic E-state index is 12.7. The van der Waals surface area contributed by atoms with Crippen LogP contribution in [0.4, 0.5) is 5.69 Å². The summed E-state index contributed by atoms with van der Waals surface area (Å²) in [5, 5.41) is 1.84. The zero-order valence-corrected chi connectivity index (χ0v) is 20.6. The maximum Gasteiger partial charge on any atom is 0.343 e. The second kappa shape index (κ2) is 10.7. The Morgan fingerprint density at radius 3 is 2.71 bits per heavy atom. The number of rotatable bonds is 9. The van der Waals surface area contributed by atoms with Crippen molar-refractivity contribution in [1.82, 2.24) is 0 Å². The first kappa shape index (κ1) is 23.8. The van der Waals surface area contributed by atoms with Gasteiger partial charge in [-0.1, -0.05) is 23.5 Å². The monoisotopic (exact) mass is 475 g/mol. The molecule has 174 valence electrons. The van der Waals surface area contributed by atoms with Crippen molar-refractivity contribution >= 4 is 64.2 Å². The Morgan fingerprint density at radius 2 is 1.94 bits per heavy atom. The lowest BCUT2D eigenvalue weighted by Gasteiger charge is -2.20. The molecule has 0 spiro atoms. The number of carbonyl (C=O) groups excluding carboxylic acids is 1. The van der Waals surface area contributed by atoms with Crippen LogP contribution in [-0.2, 0) is 16.1 Å². The van der Waals surface area contributed by atoms with E-state index in [1.807, 2.05) is 42.5 Å². The van der Waals surface area contributed by atoms with Crippen LogP contribution in [0.15, 0.2) is 57.7 Å². The Labute approximate surface area is 203 Å². The second-order valence-electron chi connectivity index (χ2n) is 7.85. The molecule has 2 aromatic heterocycles. The number of anilines is 1. The molecule has 0 aliphatic carbocycles. The minimum absolute atomic E-state index is 0.213. The molecule has 0 bridgehead atoms. The summed E-state index contributed by atoms with van der Waals surface area (Å²) in [6.45, 7) is 6.82. The number of nitrogens with zero attached hydrogens (tertiary/aromatic N) is 2. The molecular formula is C26H28BN2O4S+. The Bertz CT molecular complexity index is 1410. The smallest absolute Gasteiger partial charge is 0.343 e. The Balaban J connectivity index is 1.65. The number of benzene rings is 2. The third-order valence-corrected chi connectivity index (χ3v) is 6.91. The van der Waals surface area contributed by atoms with Crippen LogP contribution >= 0.6 is 11.3 Å². The highest BCUT2D eigenvalue weighted by molar-refractivity contribution is 7.18. The molecule has 8 heteroatoms. The van der Waals surface area contributed by atoms with Crippen molar-refractivity contribution in [3.63, 3.8) is 0 Å². The van der Waals surface area contributed by atoms with Crippen LogP contribution in [-0.4, -0.2) is 33.5 Å². The van der Waals surface area contributed by atoms with Crippen LogP contribution in [0.2, 0.25) is 6.32 Å². The minimum atomic E-state index is -0.370. The van der Waals surface area contributed by atoms with Gasteiger partial charge >= 0.3 is 5.63 Å². The van der Waals surface area contributed by atoms with E-state index in [-0.39, 0.29) is 11.6 Å². The van der Waals surface area contributed by atoms with Gasteiger partial charge in [-0.15, -0.1) is 0 Å². The van der Waals surface area contributed by atoms with E-state index in [1.54, 1.807) is 25.3 Å². The zero-order valence-electron chi connectivity index (χ0n) is 19.7. The van der Waals surface area contributed by atoms with E-state index in [9.17, 15) is 9.59 Å². The number of hydrogen-bond acceptors (Lipinski definition) is 6. The predicted octanol–water partition coefficient (Wildman–Crippen LogP) is 3.91. The summed E-state index contributed by atoms with van der Waals surface area (Å²) >= 11 is 1.62. The lowest BCUT2D eigenvalue weighted by Crippen LogP contribution is -2.37. The van der Waals surface area contributed by atoms with Gasteiger partial charge in [0.2, 0.25) is 5.52 Å². The Morgan fingerprint density at radius 1 is 1.15 bits per heavy atom. The summed E-state index contributed by atoms with van der Waals surface area (Å²) in [5.41, 5.74) is 2.81. The molecule has 0 N–H and O–H groups in total. The quantitative estimate of drug-likeness (QED) is 0.159. The fraction of sp³-hybridized carbons (Fsp3) is 0.269. The average Bonchev–Trinajstić information content (AvgIpc) is 3.20. The van der Waals surface area contributed by atoms with Gasteiger partial charge in [0, 0.05) is 48.7 Å². The lowest BCUT2D eigenvalue weighted by atomic mass is 10.1. The first-order valence-corrected chi connectivity index (χ1v) is 12.4. The average molecular weight is 475 g/mol. The molecule has 0 aliphatic heterocycles. The largest absolute Gasteiger partial charge is 0.459 e. The summed E-state index contributed by atoms with van der Waals surface area (Å²) < 4.78 is 14.2. The molecule has 6 nitrogen and oxygen atoms in total. The number of thiazole rings is 1. The van der Waals surface area contributed by atoms with E-state index < -0.39 is 0 Å². The molecule has 0 unspecified atom stereocenters. The summed E-state index contributed by atoms with van der Waals surface area (Å²) in [6.07, 6.45) is 4.08. The van der Waals surface area contributed by atoms with Gasteiger partial charge in [0.15, 0.2) is 13.2 Å². The molecule has 34 heavy (non-hydrogen) atoms. The van der Waals surface area contributed by atoms with Gasteiger partial charge in [-0.2, -0.15) is 4.57 Å². The maximum atomic E-state index is 12.7. The predicted molar refractivity (Wildman–Crippen MR) is 141 cm³/mol. The fourth-order valence-electron chi connectivity index (χ4n) is 3.94. The van der Waals surface area contributed by atoms with Crippen LogP contribution < -0.4 is 15.1 Å². The van der Waals surface area contributed by atoms with E-state index in [1.165, 1.54) is 0 Å². The number of fused-ring (bicyclic) bond motifs is 2. The Hall–Kier alpha value is -3.39. The van der Waals surface area contributed by atoms with Gasteiger partial charge in [0.25, 0.3) is 11.0 Å². The highest BCUT2D eigenvalue weighted by atomic mass is 32.1. The molecule has 0 aliphatic rings. The normalized spacial score (nSPS) is 11.5. The highest BCUT2D eigenvalue weighted by Gasteiger charge is 2.19. The third-order valence-electron chi connectivity index (χ3n) is 5.78. The molecule has 0 amide bonds. The molecule has 4 rings (SSSR count). The van der Waals surface area contributed by atoms with Crippen molar-refractivity contribution in [1.29, 1.82) is 0 Å². The van der Waals surface area contributed by atoms with Gasteiger partial charge < -0.3 is 14.1 Å². The summed E-state index contributed by atoms with van der Waals surface area (Å²) in [7, 11) is 1.78. The van der Waals surface area contributed by atoms with Gasteiger partial charge in [-0.25, -0.2) is 4.79 Å². The number of esters is 1. The fourth-order valence-corrected chi connectivity index (χ4v) is 5.03. The van der Waals surface area contributed by atoms with Gasteiger partial charge in [-0.05, 0) is 44.2 Å². The highest BCUT2D eigenvalue weighted by Crippen LogP contribution is 2.24. The van der Waals surface area contributed by atoms with Crippen LogP contribution in [0.25, 0.3) is 33.3 Å². The first-order chi connectivity index (χ1) is 16.5. The molecule has 0 saturated carbocycles. The lowest BCUT2D eigenvalue weighted by molar-refractivity contribution is -0.669. The van der Waals surface area contributed by atoms with E-state index in [2.05, 4.69) is 35.4 Å². The number of aromatic nitrogens is 1. The zero-order chi connectivity index (χ0) is 24.1. The molecule has 0 atom stereocenters. The van der Waals surface area contributed by atoms with Gasteiger partial charge in [-0.3, -0.25) is 4.79 Å². The molecule has 0 fully saturated rings. The Kier molecular flexibility index (Phi) is 7.48. The topological polar surface area (TPSA) is 63.6 Å². The molecule has 4 aromatic rings. The van der Waals surface area contributed by atoms with Crippen molar-refractivity contribution in [2.24, 2.45) is 0 Å². The van der Waals surface area contributed by atoms with Gasteiger partial charge in [0.1, 0.15) is 18.1 Å². The standard InChI is InChI=1S/C26H28BN2O4S/c1-3-28(4-2)20-11-9-18-15-19(26(31)33-22(18)16-20)10-12-24-29(13-14-32-25(30)17-27)21-7-5-6-8-23(21)34-24/h5-12,15-16H,3-4,13-14,17,27H2,1-2H3/q+1. The molecule has 0 radical (unpaired) electrons. The minimum Gasteiger partial charge on any atom is -0.459 e. The third kappa shape index (κ3) is 5.07. The van der Waals surface area contributed by atoms with Crippen LogP contribution in [0, 0.1) is 0 Å². The summed E-state index contributed by atoms with van der Waals surface area (Å²) in [6, 6.07) is 15.9. The van der Waals surface area contributed by atoms with Crippen LogP contribution in [0.1, 0.15) is 24.4 Å². The molecule has 0 saturated heterocycles. The van der Waals surface area contributed by atoms with E-state index in [0.29, 0.717) is 30.6 Å². The summed E-state index contributed by atoms with van der Waals surface area (Å²) in [5.74, 6) is -0.213. The SMILES string of the molecule is BCC(=O)OCC[n+]1c(/C=C/c2cc3ccc(N(CC)CC)cc3oc2=O)sc2ccccc21. The molecular weight excluding hydrogens is 447 g/mol. The summed E-state index contributed by atoms with van der Waals surface area (Å²) in [4.78, 5) is 26.5.